The SMILES string of the molecule is N#Cc1ccc(C(=O)NCc2nn(Cc3ccccc3)c3ccccc23)c(F)c1. The van der Waals surface area contributed by atoms with Crippen molar-refractivity contribution < 1.29 is 9.18 Å². The number of carbonyl (C=O) groups is 1. The Morgan fingerprint density at radius 1 is 1.07 bits per heavy atom. The maximum Gasteiger partial charge on any atom is 0.254 e. The van der Waals surface area contributed by atoms with Crippen LogP contribution in [0, 0.1) is 17.1 Å². The summed E-state index contributed by atoms with van der Waals surface area (Å²) >= 11 is 0. The topological polar surface area (TPSA) is 70.7 Å². The summed E-state index contributed by atoms with van der Waals surface area (Å²) in [7, 11) is 0. The Kier molecular flexibility index (Phi) is 5.04. The molecule has 0 unspecified atom stereocenters. The standard InChI is InChI=1S/C23H17FN4O/c24-20-12-17(13-25)10-11-18(20)23(29)26-14-21-19-8-4-5-9-22(19)28(27-21)15-16-6-2-1-3-7-16/h1-12H,14-15H2,(H,26,29). The van der Waals surface area contributed by atoms with Gasteiger partial charge in [-0.1, -0.05) is 48.5 Å². The Hall–Kier alpha value is -3.98. The van der Waals surface area contributed by atoms with Crippen molar-refractivity contribution in [3.05, 3.63) is 101 Å². The van der Waals surface area contributed by atoms with Gasteiger partial charge < -0.3 is 5.32 Å². The molecule has 1 N–H and O–H groups in total. The second kappa shape index (κ2) is 7.95. The van der Waals surface area contributed by atoms with E-state index in [1.54, 1.807) is 0 Å². The lowest BCUT2D eigenvalue weighted by Crippen LogP contribution is -2.24. The summed E-state index contributed by atoms with van der Waals surface area (Å²) in [6.07, 6.45) is 0. The molecule has 6 heteroatoms. The fraction of sp³-hybridized carbons (Fsp3) is 0.0870. The van der Waals surface area contributed by atoms with Gasteiger partial charge in [0.25, 0.3) is 5.91 Å². The summed E-state index contributed by atoms with van der Waals surface area (Å²) < 4.78 is 16.0. The van der Waals surface area contributed by atoms with Gasteiger partial charge in [-0.05, 0) is 29.8 Å². The zero-order valence-corrected chi connectivity index (χ0v) is 15.5. The third-order valence-corrected chi connectivity index (χ3v) is 4.67. The number of rotatable bonds is 5. The lowest BCUT2D eigenvalue weighted by atomic mass is 10.1. The van der Waals surface area contributed by atoms with E-state index in [9.17, 15) is 9.18 Å². The number of halogens is 1. The van der Waals surface area contributed by atoms with E-state index in [1.807, 2.05) is 65.3 Å². The molecule has 29 heavy (non-hydrogen) atoms. The number of benzene rings is 3. The number of nitrogens with zero attached hydrogens (tertiary/aromatic N) is 3. The van der Waals surface area contributed by atoms with Gasteiger partial charge in [-0.2, -0.15) is 10.4 Å². The van der Waals surface area contributed by atoms with E-state index in [0.717, 1.165) is 22.5 Å². The van der Waals surface area contributed by atoms with Crippen LogP contribution in [0.25, 0.3) is 10.9 Å². The molecule has 0 aliphatic heterocycles. The normalized spacial score (nSPS) is 10.6. The zero-order valence-electron chi connectivity index (χ0n) is 15.5. The molecule has 4 rings (SSSR count). The first kappa shape index (κ1) is 18.4. The van der Waals surface area contributed by atoms with Crippen molar-refractivity contribution >= 4 is 16.8 Å². The molecule has 0 saturated carbocycles. The van der Waals surface area contributed by atoms with Crippen LogP contribution in [-0.4, -0.2) is 15.7 Å². The molecule has 5 nitrogen and oxygen atoms in total. The van der Waals surface area contributed by atoms with Gasteiger partial charge in [-0.25, -0.2) is 4.39 Å². The molecule has 0 spiro atoms. The number of hydrogen-bond acceptors (Lipinski definition) is 3. The Bertz CT molecular complexity index is 1220. The summed E-state index contributed by atoms with van der Waals surface area (Å²) in [4.78, 5) is 12.4. The molecule has 1 amide bonds. The molecule has 4 aromatic rings. The van der Waals surface area contributed by atoms with E-state index < -0.39 is 11.7 Å². The van der Waals surface area contributed by atoms with Crippen molar-refractivity contribution in [2.75, 3.05) is 0 Å². The predicted octanol–water partition coefficient (Wildman–Crippen LogP) is 4.03. The number of carbonyl (C=O) groups excluding carboxylic acids is 1. The zero-order chi connectivity index (χ0) is 20.2. The molecular weight excluding hydrogens is 367 g/mol. The van der Waals surface area contributed by atoms with Gasteiger partial charge in [-0.15, -0.1) is 0 Å². The molecule has 0 bridgehead atoms. The van der Waals surface area contributed by atoms with E-state index in [1.165, 1.54) is 12.1 Å². The van der Waals surface area contributed by atoms with Gasteiger partial charge in [0.1, 0.15) is 5.82 Å². The minimum Gasteiger partial charge on any atom is -0.346 e. The van der Waals surface area contributed by atoms with E-state index in [0.29, 0.717) is 12.2 Å². The Labute approximate surface area is 167 Å². The van der Waals surface area contributed by atoms with Crippen molar-refractivity contribution in [1.82, 2.24) is 15.1 Å². The number of nitriles is 1. The largest absolute Gasteiger partial charge is 0.346 e. The maximum absolute atomic E-state index is 14.1. The van der Waals surface area contributed by atoms with Crippen LogP contribution in [0.1, 0.15) is 27.2 Å². The van der Waals surface area contributed by atoms with E-state index in [4.69, 9.17) is 5.26 Å². The lowest BCUT2D eigenvalue weighted by molar-refractivity contribution is 0.0946. The average Bonchev–Trinajstić information content (AvgIpc) is 3.10. The van der Waals surface area contributed by atoms with Crippen LogP contribution in [0.15, 0.2) is 72.8 Å². The highest BCUT2D eigenvalue weighted by Crippen LogP contribution is 2.20. The Morgan fingerprint density at radius 3 is 2.59 bits per heavy atom. The summed E-state index contributed by atoms with van der Waals surface area (Å²) in [6.45, 7) is 0.778. The second-order valence-electron chi connectivity index (χ2n) is 6.60. The lowest BCUT2D eigenvalue weighted by Gasteiger charge is -2.05. The van der Waals surface area contributed by atoms with Crippen LogP contribution in [-0.2, 0) is 13.1 Å². The molecule has 0 radical (unpaired) electrons. The molecule has 0 atom stereocenters. The third-order valence-electron chi connectivity index (χ3n) is 4.67. The number of amides is 1. The molecule has 1 heterocycles. The highest BCUT2D eigenvalue weighted by atomic mass is 19.1. The summed E-state index contributed by atoms with van der Waals surface area (Å²) in [6, 6.07) is 23.4. The van der Waals surface area contributed by atoms with Crippen LogP contribution in [0.3, 0.4) is 0 Å². The van der Waals surface area contributed by atoms with Crippen molar-refractivity contribution in [3.63, 3.8) is 0 Å². The van der Waals surface area contributed by atoms with Gasteiger partial charge in [0.15, 0.2) is 0 Å². The van der Waals surface area contributed by atoms with Crippen molar-refractivity contribution in [3.8, 4) is 6.07 Å². The molecule has 0 aliphatic carbocycles. The van der Waals surface area contributed by atoms with E-state index in [2.05, 4.69) is 10.4 Å². The van der Waals surface area contributed by atoms with Crippen LogP contribution in [0.2, 0.25) is 0 Å². The molecular formula is C23H17FN4O. The molecule has 0 aliphatic rings. The fourth-order valence-corrected chi connectivity index (χ4v) is 3.23. The van der Waals surface area contributed by atoms with Crippen molar-refractivity contribution in [1.29, 1.82) is 5.26 Å². The van der Waals surface area contributed by atoms with Crippen LogP contribution in [0.5, 0.6) is 0 Å². The summed E-state index contributed by atoms with van der Waals surface area (Å²) in [5.41, 5.74) is 2.86. The fourth-order valence-electron chi connectivity index (χ4n) is 3.23. The van der Waals surface area contributed by atoms with Gasteiger partial charge in [0.2, 0.25) is 0 Å². The highest BCUT2D eigenvalue weighted by molar-refractivity contribution is 5.94. The van der Waals surface area contributed by atoms with Crippen LogP contribution >= 0.6 is 0 Å². The predicted molar refractivity (Wildman–Crippen MR) is 108 cm³/mol. The number of nitrogens with one attached hydrogen (secondary N) is 1. The number of hydrogen-bond donors (Lipinski definition) is 1. The third kappa shape index (κ3) is 3.85. The molecule has 0 saturated heterocycles. The van der Waals surface area contributed by atoms with Crippen molar-refractivity contribution in [2.45, 2.75) is 13.1 Å². The molecule has 3 aromatic carbocycles. The second-order valence-corrected chi connectivity index (χ2v) is 6.60. The monoisotopic (exact) mass is 384 g/mol. The first-order valence-corrected chi connectivity index (χ1v) is 9.12. The number of fused-ring (bicyclic) bond motifs is 1. The first-order valence-electron chi connectivity index (χ1n) is 9.12. The minimum atomic E-state index is -0.721. The summed E-state index contributed by atoms with van der Waals surface area (Å²) in [5.74, 6) is -1.27. The van der Waals surface area contributed by atoms with Crippen molar-refractivity contribution in [2.24, 2.45) is 0 Å². The van der Waals surface area contributed by atoms with Crippen LogP contribution < -0.4 is 5.32 Å². The quantitative estimate of drug-likeness (QED) is 0.565. The number of para-hydroxylation sites is 1. The van der Waals surface area contributed by atoms with Gasteiger partial charge in [0.05, 0.1) is 41.5 Å². The van der Waals surface area contributed by atoms with E-state index >= 15 is 0 Å². The first-order chi connectivity index (χ1) is 14.2. The van der Waals surface area contributed by atoms with Gasteiger partial charge >= 0.3 is 0 Å². The number of aromatic nitrogens is 2. The Morgan fingerprint density at radius 2 is 1.83 bits per heavy atom. The van der Waals surface area contributed by atoms with E-state index in [-0.39, 0.29) is 17.7 Å². The molecule has 0 fully saturated rings. The highest BCUT2D eigenvalue weighted by Gasteiger charge is 2.15. The van der Waals surface area contributed by atoms with Crippen LogP contribution in [0.4, 0.5) is 4.39 Å². The smallest absolute Gasteiger partial charge is 0.254 e. The van der Waals surface area contributed by atoms with Gasteiger partial charge in [0, 0.05) is 5.39 Å². The summed E-state index contributed by atoms with van der Waals surface area (Å²) in [5, 5.41) is 17.1. The van der Waals surface area contributed by atoms with Gasteiger partial charge in [-0.3, -0.25) is 9.48 Å². The Balaban J connectivity index is 1.57. The maximum atomic E-state index is 14.1. The molecule has 1 aromatic heterocycles. The minimum absolute atomic E-state index is 0.1000. The average molecular weight is 384 g/mol. The molecule has 142 valence electrons.